The molecule has 0 heterocycles. The summed E-state index contributed by atoms with van der Waals surface area (Å²) in [5, 5.41) is 9.75. The van der Waals surface area contributed by atoms with Gasteiger partial charge in [-0.1, -0.05) is 18.2 Å². The van der Waals surface area contributed by atoms with Crippen LogP contribution in [0.15, 0.2) is 65.1 Å². The van der Waals surface area contributed by atoms with Gasteiger partial charge in [-0.15, -0.1) is 0 Å². The Labute approximate surface area is 202 Å². The Morgan fingerprint density at radius 1 is 0.848 bits per heavy atom. The lowest BCUT2D eigenvalue weighted by atomic mass is 10.0. The number of halogens is 1. The van der Waals surface area contributed by atoms with Crippen molar-refractivity contribution in [2.45, 2.75) is 0 Å². The average Bonchev–Trinajstić information content (AvgIpc) is 2.85. The molecule has 3 aromatic carbocycles. The van der Waals surface area contributed by atoms with E-state index in [1.54, 1.807) is 39.5 Å². The van der Waals surface area contributed by atoms with E-state index in [0.717, 1.165) is 11.3 Å². The molecule has 0 aliphatic rings. The number of nitrogens with zero attached hydrogens (tertiary/aromatic N) is 1. The van der Waals surface area contributed by atoms with Crippen LogP contribution in [0.1, 0.15) is 11.1 Å². The number of para-hydroxylation sites is 1. The SMILES string of the molecule is COc1ccc(C(C#N)=Cc2cc(Br)c(OCCOc3ccccc3)c(OC)c2)cc1OC. The van der Waals surface area contributed by atoms with E-state index in [0.29, 0.717) is 51.8 Å². The minimum absolute atomic E-state index is 0.341. The van der Waals surface area contributed by atoms with Crippen LogP contribution in [-0.4, -0.2) is 34.5 Å². The van der Waals surface area contributed by atoms with E-state index in [1.807, 2.05) is 48.5 Å². The maximum atomic E-state index is 9.75. The van der Waals surface area contributed by atoms with E-state index in [1.165, 1.54) is 0 Å². The van der Waals surface area contributed by atoms with Gasteiger partial charge in [-0.3, -0.25) is 0 Å². The van der Waals surface area contributed by atoms with Gasteiger partial charge in [-0.05, 0) is 75.6 Å². The van der Waals surface area contributed by atoms with Gasteiger partial charge in [-0.2, -0.15) is 5.26 Å². The summed E-state index contributed by atoms with van der Waals surface area (Å²) in [6, 6.07) is 20.8. The van der Waals surface area contributed by atoms with Crippen LogP contribution in [0.3, 0.4) is 0 Å². The fourth-order valence-electron chi connectivity index (χ4n) is 3.13. The zero-order valence-corrected chi connectivity index (χ0v) is 20.2. The predicted molar refractivity (Wildman–Crippen MR) is 131 cm³/mol. The van der Waals surface area contributed by atoms with Crippen molar-refractivity contribution >= 4 is 27.6 Å². The van der Waals surface area contributed by atoms with E-state index < -0.39 is 0 Å². The smallest absolute Gasteiger partial charge is 0.175 e. The van der Waals surface area contributed by atoms with Gasteiger partial charge >= 0.3 is 0 Å². The Bertz CT molecular complexity index is 1160. The third-order valence-electron chi connectivity index (χ3n) is 4.72. The molecule has 0 saturated heterocycles. The maximum Gasteiger partial charge on any atom is 0.175 e. The highest BCUT2D eigenvalue weighted by atomic mass is 79.9. The highest BCUT2D eigenvalue weighted by Gasteiger charge is 2.13. The number of ether oxygens (including phenoxy) is 5. The second kappa shape index (κ2) is 11.8. The maximum absolute atomic E-state index is 9.75. The van der Waals surface area contributed by atoms with Gasteiger partial charge in [0.2, 0.25) is 0 Å². The first-order valence-corrected chi connectivity index (χ1v) is 10.9. The van der Waals surface area contributed by atoms with Crippen LogP contribution in [0, 0.1) is 11.3 Å². The van der Waals surface area contributed by atoms with Crippen molar-refractivity contribution in [1.29, 1.82) is 5.26 Å². The van der Waals surface area contributed by atoms with E-state index in [9.17, 15) is 5.26 Å². The van der Waals surface area contributed by atoms with Gasteiger partial charge in [0.1, 0.15) is 19.0 Å². The lowest BCUT2D eigenvalue weighted by Crippen LogP contribution is -2.10. The molecule has 3 rings (SSSR count). The molecule has 0 aliphatic carbocycles. The first-order valence-electron chi connectivity index (χ1n) is 10.1. The summed E-state index contributed by atoms with van der Waals surface area (Å²) in [6.45, 7) is 0.729. The van der Waals surface area contributed by atoms with Crippen molar-refractivity contribution in [2.24, 2.45) is 0 Å². The molecule has 0 radical (unpaired) electrons. The van der Waals surface area contributed by atoms with Crippen molar-refractivity contribution in [3.63, 3.8) is 0 Å². The van der Waals surface area contributed by atoms with E-state index in [4.69, 9.17) is 23.7 Å². The van der Waals surface area contributed by atoms with Gasteiger partial charge in [0.15, 0.2) is 23.0 Å². The van der Waals surface area contributed by atoms with Crippen LogP contribution in [-0.2, 0) is 0 Å². The van der Waals surface area contributed by atoms with Crippen molar-refractivity contribution in [3.05, 3.63) is 76.3 Å². The molecular weight excluding hydrogens is 486 g/mol. The Kier molecular flexibility index (Phi) is 8.62. The summed E-state index contributed by atoms with van der Waals surface area (Å²) in [7, 11) is 4.70. The fourth-order valence-corrected chi connectivity index (χ4v) is 3.71. The number of benzene rings is 3. The third-order valence-corrected chi connectivity index (χ3v) is 5.31. The molecule has 0 aromatic heterocycles. The van der Waals surface area contributed by atoms with E-state index >= 15 is 0 Å². The molecule has 0 atom stereocenters. The number of hydrogen-bond donors (Lipinski definition) is 0. The van der Waals surface area contributed by atoms with E-state index in [2.05, 4.69) is 22.0 Å². The van der Waals surface area contributed by atoms with Gasteiger partial charge in [-0.25, -0.2) is 0 Å². The number of hydrogen-bond acceptors (Lipinski definition) is 6. The van der Waals surface area contributed by atoms with Crippen molar-refractivity contribution in [1.82, 2.24) is 0 Å². The van der Waals surface area contributed by atoms with Crippen LogP contribution >= 0.6 is 15.9 Å². The minimum Gasteiger partial charge on any atom is -0.493 e. The molecule has 0 amide bonds. The van der Waals surface area contributed by atoms with Gasteiger partial charge < -0.3 is 23.7 Å². The lowest BCUT2D eigenvalue weighted by Gasteiger charge is -2.14. The lowest BCUT2D eigenvalue weighted by molar-refractivity contribution is 0.210. The second-order valence-electron chi connectivity index (χ2n) is 6.78. The van der Waals surface area contributed by atoms with Gasteiger partial charge in [0.25, 0.3) is 0 Å². The van der Waals surface area contributed by atoms with Gasteiger partial charge in [0, 0.05) is 0 Å². The topological polar surface area (TPSA) is 69.9 Å². The first-order chi connectivity index (χ1) is 16.1. The molecule has 170 valence electrons. The van der Waals surface area contributed by atoms with Crippen LogP contribution in [0.2, 0.25) is 0 Å². The monoisotopic (exact) mass is 509 g/mol. The Morgan fingerprint density at radius 2 is 1.55 bits per heavy atom. The highest BCUT2D eigenvalue weighted by Crippen LogP contribution is 2.38. The molecule has 0 saturated carbocycles. The fraction of sp³-hybridized carbons (Fsp3) is 0.192. The standard InChI is InChI=1S/C26H24BrNO5/c1-29-23-10-9-19(16-24(23)30-2)20(17-28)13-18-14-22(27)26(25(15-18)31-3)33-12-11-32-21-7-5-4-6-8-21/h4-10,13-16H,11-12H2,1-3H3. The van der Waals surface area contributed by atoms with Crippen molar-refractivity contribution < 1.29 is 23.7 Å². The zero-order chi connectivity index (χ0) is 23.6. The molecule has 0 spiro atoms. The van der Waals surface area contributed by atoms with Gasteiger partial charge in [0.05, 0.1) is 37.4 Å². The van der Waals surface area contributed by atoms with Crippen LogP contribution in [0.25, 0.3) is 11.6 Å². The molecule has 7 heteroatoms. The molecule has 0 aliphatic heterocycles. The molecule has 6 nitrogen and oxygen atoms in total. The molecule has 0 fully saturated rings. The Morgan fingerprint density at radius 3 is 2.21 bits per heavy atom. The molecule has 0 bridgehead atoms. The normalized spacial score (nSPS) is 10.8. The molecule has 33 heavy (non-hydrogen) atoms. The minimum atomic E-state index is 0.341. The van der Waals surface area contributed by atoms with Crippen LogP contribution in [0.5, 0.6) is 28.7 Å². The predicted octanol–water partition coefficient (Wildman–Crippen LogP) is 6.00. The summed E-state index contributed by atoms with van der Waals surface area (Å²) in [4.78, 5) is 0. The summed E-state index contributed by atoms with van der Waals surface area (Å²) in [5.41, 5.74) is 1.96. The van der Waals surface area contributed by atoms with Crippen molar-refractivity contribution in [2.75, 3.05) is 34.5 Å². The molecule has 0 N–H and O–H groups in total. The van der Waals surface area contributed by atoms with Crippen molar-refractivity contribution in [3.8, 4) is 34.8 Å². The number of rotatable bonds is 10. The Balaban J connectivity index is 1.79. The third kappa shape index (κ3) is 6.21. The summed E-state index contributed by atoms with van der Waals surface area (Å²) in [5.74, 6) is 3.04. The zero-order valence-electron chi connectivity index (χ0n) is 18.6. The van der Waals surface area contributed by atoms with E-state index in [-0.39, 0.29) is 0 Å². The first kappa shape index (κ1) is 24.0. The largest absolute Gasteiger partial charge is 0.493 e. The summed E-state index contributed by atoms with van der Waals surface area (Å²) >= 11 is 3.55. The van der Waals surface area contributed by atoms with Crippen LogP contribution < -0.4 is 23.7 Å². The number of nitriles is 1. The molecule has 3 aromatic rings. The average molecular weight is 510 g/mol. The second-order valence-corrected chi connectivity index (χ2v) is 7.64. The quantitative estimate of drug-likeness (QED) is 0.189. The number of methoxy groups -OCH3 is 3. The Hall–Kier alpha value is -3.63. The highest BCUT2D eigenvalue weighted by molar-refractivity contribution is 9.10. The number of allylic oxidation sites excluding steroid dienone is 1. The summed E-state index contributed by atoms with van der Waals surface area (Å²) < 4.78 is 28.4. The molecule has 0 unspecified atom stereocenters. The molecular formula is C26H24BrNO5. The van der Waals surface area contributed by atoms with Crippen LogP contribution in [0.4, 0.5) is 0 Å². The summed E-state index contributed by atoms with van der Waals surface area (Å²) in [6.07, 6.45) is 1.77.